The molecule has 2 aliphatic heterocycles. The van der Waals surface area contributed by atoms with Crippen LogP contribution in [0, 0.1) is 0 Å². The molecule has 3 aromatic carbocycles. The number of rotatable bonds is 0. The molecule has 21 heavy (non-hydrogen) atoms. The molecule has 0 N–H and O–H groups in total. The van der Waals surface area contributed by atoms with Gasteiger partial charge in [-0.05, 0) is 21.9 Å². The molecule has 2 heteroatoms. The molecule has 0 unspecified atom stereocenters. The first kappa shape index (κ1) is 11.2. The van der Waals surface area contributed by atoms with E-state index in [1.54, 1.807) is 0 Å². The van der Waals surface area contributed by atoms with Crippen LogP contribution in [-0.4, -0.2) is 0 Å². The van der Waals surface area contributed by atoms with Crippen LogP contribution in [0.2, 0.25) is 0 Å². The second-order valence-corrected chi connectivity index (χ2v) is 5.61. The molecule has 2 bridgehead atoms. The van der Waals surface area contributed by atoms with Crippen molar-refractivity contribution in [2.24, 2.45) is 0 Å². The van der Waals surface area contributed by atoms with Gasteiger partial charge >= 0.3 is 0 Å². The third-order valence-corrected chi connectivity index (χ3v) is 4.54. The van der Waals surface area contributed by atoms with Crippen LogP contribution in [0.15, 0.2) is 65.5 Å². The highest BCUT2D eigenvalue weighted by atomic mass is 16.5. The van der Waals surface area contributed by atoms with Crippen molar-refractivity contribution in [2.45, 2.75) is 12.2 Å². The van der Waals surface area contributed by atoms with Gasteiger partial charge in [-0.1, -0.05) is 60.7 Å². The fraction of sp³-hybridized carbons (Fsp3) is 0.105. The van der Waals surface area contributed by atoms with Crippen molar-refractivity contribution in [1.29, 1.82) is 0 Å². The van der Waals surface area contributed by atoms with Gasteiger partial charge in [0.1, 0.15) is 12.2 Å². The van der Waals surface area contributed by atoms with Gasteiger partial charge in [-0.15, -0.1) is 0 Å². The zero-order valence-electron chi connectivity index (χ0n) is 11.2. The van der Waals surface area contributed by atoms with Gasteiger partial charge in [-0.3, -0.25) is 4.79 Å². The van der Waals surface area contributed by atoms with E-state index >= 15 is 0 Å². The molecule has 0 amide bonds. The minimum Gasteiger partial charge on any atom is -0.357 e. The summed E-state index contributed by atoms with van der Waals surface area (Å²) in [6.07, 6.45) is 4.15. The Kier molecular flexibility index (Phi) is 2.04. The molecule has 0 aliphatic carbocycles. The fourth-order valence-corrected chi connectivity index (χ4v) is 3.66. The first-order chi connectivity index (χ1) is 10.3. The molecule has 3 aromatic rings. The summed E-state index contributed by atoms with van der Waals surface area (Å²) in [4.78, 5) is 12.9. The SMILES string of the molecule is O=c1c2ccccc2c2c(c3ccccc13)[C@H]1C=C[C@@H]2O1. The van der Waals surface area contributed by atoms with E-state index in [0.29, 0.717) is 0 Å². The number of ether oxygens (including phenoxy) is 1. The lowest BCUT2D eigenvalue weighted by atomic mass is 9.93. The van der Waals surface area contributed by atoms with Crippen LogP contribution in [-0.2, 0) is 4.74 Å². The van der Waals surface area contributed by atoms with Crippen molar-refractivity contribution < 1.29 is 4.74 Å². The average molecular weight is 272 g/mol. The highest BCUT2D eigenvalue weighted by Gasteiger charge is 2.36. The van der Waals surface area contributed by atoms with E-state index in [1.165, 1.54) is 0 Å². The van der Waals surface area contributed by atoms with Crippen LogP contribution < -0.4 is 5.43 Å². The summed E-state index contributed by atoms with van der Waals surface area (Å²) in [6.45, 7) is 0. The van der Waals surface area contributed by atoms with E-state index in [0.717, 1.165) is 32.7 Å². The maximum Gasteiger partial charge on any atom is 0.194 e. The summed E-state index contributed by atoms with van der Waals surface area (Å²) in [5.74, 6) is 0. The van der Waals surface area contributed by atoms with E-state index in [1.807, 2.05) is 48.5 Å². The van der Waals surface area contributed by atoms with Crippen molar-refractivity contribution in [3.63, 3.8) is 0 Å². The molecule has 0 spiro atoms. The largest absolute Gasteiger partial charge is 0.357 e. The lowest BCUT2D eigenvalue weighted by Gasteiger charge is -2.07. The maximum absolute atomic E-state index is 12.9. The maximum atomic E-state index is 12.9. The summed E-state index contributed by atoms with van der Waals surface area (Å²) in [7, 11) is 0. The molecule has 0 fully saturated rings. The molecular formula is C19H12O2. The zero-order chi connectivity index (χ0) is 14.0. The van der Waals surface area contributed by atoms with E-state index < -0.39 is 0 Å². The Morgan fingerprint density at radius 1 is 0.667 bits per heavy atom. The Morgan fingerprint density at radius 2 is 1.10 bits per heavy atom. The van der Waals surface area contributed by atoms with Crippen molar-refractivity contribution in [3.05, 3.63) is 82.0 Å². The second-order valence-electron chi connectivity index (χ2n) is 5.61. The van der Waals surface area contributed by atoms with Gasteiger partial charge in [-0.25, -0.2) is 0 Å². The predicted molar refractivity (Wildman–Crippen MR) is 83.4 cm³/mol. The summed E-state index contributed by atoms with van der Waals surface area (Å²) >= 11 is 0. The third-order valence-electron chi connectivity index (χ3n) is 4.54. The van der Waals surface area contributed by atoms with Gasteiger partial charge in [0, 0.05) is 10.8 Å². The standard InChI is InChI=1S/C19H12O2/c20-19-13-7-3-1-5-11(13)17-15-9-10-16(21-15)18(17)12-6-2-4-8-14(12)19/h1-10,15-16H/t15-,16+. The minimum atomic E-state index is -0.0230. The van der Waals surface area contributed by atoms with E-state index in [9.17, 15) is 4.79 Å². The molecule has 100 valence electrons. The first-order valence-corrected chi connectivity index (χ1v) is 7.16. The Hall–Kier alpha value is -2.45. The van der Waals surface area contributed by atoms with Crippen molar-refractivity contribution in [3.8, 4) is 0 Å². The van der Waals surface area contributed by atoms with Gasteiger partial charge in [0.25, 0.3) is 0 Å². The van der Waals surface area contributed by atoms with E-state index in [-0.39, 0.29) is 17.6 Å². The molecule has 2 heterocycles. The van der Waals surface area contributed by atoms with Crippen molar-refractivity contribution in [1.82, 2.24) is 0 Å². The number of benzene rings is 2. The lowest BCUT2D eigenvalue weighted by molar-refractivity contribution is 0.0887. The smallest absolute Gasteiger partial charge is 0.194 e. The van der Waals surface area contributed by atoms with E-state index in [2.05, 4.69) is 12.2 Å². The topological polar surface area (TPSA) is 26.3 Å². The normalized spacial score (nSPS) is 22.1. The molecule has 5 rings (SSSR count). The third kappa shape index (κ3) is 1.33. The van der Waals surface area contributed by atoms with Gasteiger partial charge in [-0.2, -0.15) is 0 Å². The van der Waals surface area contributed by atoms with Crippen LogP contribution in [0.4, 0.5) is 0 Å². The summed E-state index contributed by atoms with van der Waals surface area (Å²) in [5.41, 5.74) is 2.43. The Morgan fingerprint density at radius 3 is 1.57 bits per heavy atom. The molecule has 0 aromatic heterocycles. The highest BCUT2D eigenvalue weighted by Crippen LogP contribution is 2.49. The summed E-state index contributed by atoms with van der Waals surface area (Å²) < 4.78 is 6.03. The lowest BCUT2D eigenvalue weighted by Crippen LogP contribution is -1.99. The molecule has 2 atom stereocenters. The number of fused-ring (bicyclic) bond motifs is 9. The Bertz CT molecular complexity index is 924. The highest BCUT2D eigenvalue weighted by molar-refractivity contribution is 5.99. The first-order valence-electron chi connectivity index (χ1n) is 7.16. The molecule has 0 saturated heterocycles. The quantitative estimate of drug-likeness (QED) is 0.577. The Labute approximate surface area is 121 Å². The Balaban J connectivity index is 2.17. The van der Waals surface area contributed by atoms with Crippen LogP contribution in [0.1, 0.15) is 23.3 Å². The van der Waals surface area contributed by atoms with Gasteiger partial charge < -0.3 is 4.74 Å². The molecule has 2 nitrogen and oxygen atoms in total. The van der Waals surface area contributed by atoms with Gasteiger partial charge in [0.05, 0.1) is 0 Å². The van der Waals surface area contributed by atoms with Crippen LogP contribution in [0.5, 0.6) is 0 Å². The van der Waals surface area contributed by atoms with Crippen molar-refractivity contribution in [2.75, 3.05) is 0 Å². The molecule has 0 radical (unpaired) electrons. The molecule has 0 saturated carbocycles. The van der Waals surface area contributed by atoms with Gasteiger partial charge in [0.2, 0.25) is 0 Å². The average Bonchev–Trinajstić information content (AvgIpc) is 3.12. The van der Waals surface area contributed by atoms with Crippen molar-refractivity contribution >= 4 is 21.5 Å². The van der Waals surface area contributed by atoms with Crippen LogP contribution in [0.3, 0.4) is 0 Å². The zero-order valence-corrected chi connectivity index (χ0v) is 11.2. The number of hydrogen-bond donors (Lipinski definition) is 0. The van der Waals surface area contributed by atoms with Crippen LogP contribution in [0.25, 0.3) is 21.5 Å². The fourth-order valence-electron chi connectivity index (χ4n) is 3.66. The molecule has 2 aliphatic rings. The summed E-state index contributed by atoms with van der Waals surface area (Å²) in [5, 5.41) is 3.59. The molecular weight excluding hydrogens is 260 g/mol. The van der Waals surface area contributed by atoms with E-state index in [4.69, 9.17) is 4.74 Å². The monoisotopic (exact) mass is 272 g/mol. The predicted octanol–water partition coefficient (Wildman–Crippen LogP) is 4.04. The summed E-state index contributed by atoms with van der Waals surface area (Å²) in [6, 6.07) is 15.7. The second kappa shape index (κ2) is 3.80. The van der Waals surface area contributed by atoms with Crippen LogP contribution >= 0.6 is 0 Å². The number of hydrogen-bond acceptors (Lipinski definition) is 2. The van der Waals surface area contributed by atoms with Gasteiger partial charge in [0.15, 0.2) is 5.43 Å². The minimum absolute atomic E-state index is 0.0230.